The van der Waals surface area contributed by atoms with Gasteiger partial charge in [0.15, 0.2) is 0 Å². The number of carbonyl (C=O) groups is 1. The number of azide groups is 1. The van der Waals surface area contributed by atoms with Crippen LogP contribution in [0.5, 0.6) is 0 Å². The topological polar surface area (TPSA) is 149 Å². The molecule has 1 aromatic carbocycles. The molecule has 0 heterocycles. The molecule has 2 atom stereocenters. The van der Waals surface area contributed by atoms with Crippen LogP contribution >= 0.6 is 0 Å². The first kappa shape index (κ1) is 14.6. The first-order valence-corrected chi connectivity index (χ1v) is 5.11. The number of rotatable bonds is 6. The highest BCUT2D eigenvalue weighted by Crippen LogP contribution is 2.28. The van der Waals surface area contributed by atoms with E-state index in [1.54, 1.807) is 0 Å². The number of aliphatic hydroxyl groups is 2. The molecule has 0 saturated heterocycles. The van der Waals surface area contributed by atoms with Crippen molar-refractivity contribution < 1.29 is 19.9 Å². The van der Waals surface area contributed by atoms with Crippen LogP contribution in [0.25, 0.3) is 10.4 Å². The zero-order valence-corrected chi connectivity index (χ0v) is 9.58. The van der Waals surface area contributed by atoms with Gasteiger partial charge in [0.1, 0.15) is 12.4 Å². The first-order valence-electron chi connectivity index (χ1n) is 5.11. The summed E-state index contributed by atoms with van der Waals surface area (Å²) in [4.78, 5) is 23.0. The van der Waals surface area contributed by atoms with E-state index in [2.05, 4.69) is 10.0 Å². The Morgan fingerprint density at radius 1 is 1.53 bits per heavy atom. The summed E-state index contributed by atoms with van der Waals surface area (Å²) in [5.41, 5.74) is 7.53. The zero-order valence-electron chi connectivity index (χ0n) is 9.58. The zero-order chi connectivity index (χ0) is 14.4. The second kappa shape index (κ2) is 6.45. The van der Waals surface area contributed by atoms with Crippen molar-refractivity contribution in [3.05, 3.63) is 49.9 Å². The maximum Gasteiger partial charge on any atom is 0.276 e. The third-order valence-corrected chi connectivity index (χ3v) is 2.40. The molecular weight excluding hydrogens is 256 g/mol. The molecule has 2 unspecified atom stereocenters. The fraction of sp³-hybridized carbons (Fsp3) is 0.300. The summed E-state index contributed by atoms with van der Waals surface area (Å²) in [6.07, 6.45) is -2.64. The molecule has 0 aromatic heterocycles. The van der Waals surface area contributed by atoms with Crippen LogP contribution in [0.1, 0.15) is 22.0 Å². The Morgan fingerprint density at radius 3 is 2.74 bits per heavy atom. The predicted octanol–water partition coefficient (Wildman–Crippen LogP) is 1.11. The van der Waals surface area contributed by atoms with Crippen LogP contribution in [-0.4, -0.2) is 34.1 Å². The minimum atomic E-state index is -1.59. The van der Waals surface area contributed by atoms with Crippen LogP contribution in [0.3, 0.4) is 0 Å². The number of carbonyl (C=O) groups excluding carboxylic acids is 1. The number of nitro groups is 1. The summed E-state index contributed by atoms with van der Waals surface area (Å²) in [5.74, 6) is 0. The summed E-state index contributed by atoms with van der Waals surface area (Å²) in [6.45, 7) is -0.426. The summed E-state index contributed by atoms with van der Waals surface area (Å²) < 4.78 is 0. The van der Waals surface area contributed by atoms with Gasteiger partial charge < -0.3 is 10.2 Å². The molecule has 100 valence electrons. The number of aldehydes is 1. The second-order valence-electron chi connectivity index (χ2n) is 3.62. The summed E-state index contributed by atoms with van der Waals surface area (Å²) >= 11 is 0. The van der Waals surface area contributed by atoms with Crippen molar-refractivity contribution in [2.45, 2.75) is 12.2 Å². The first-order chi connectivity index (χ1) is 9.01. The van der Waals surface area contributed by atoms with Gasteiger partial charge in [-0.25, -0.2) is 0 Å². The Morgan fingerprint density at radius 2 is 2.21 bits per heavy atom. The normalized spacial score (nSPS) is 13.2. The molecular formula is C10H10N4O5. The van der Waals surface area contributed by atoms with Crippen LogP contribution in [0.2, 0.25) is 0 Å². The van der Waals surface area contributed by atoms with Crippen molar-refractivity contribution in [2.75, 3.05) is 6.54 Å². The van der Waals surface area contributed by atoms with Gasteiger partial charge in [-0.15, -0.1) is 0 Å². The highest BCUT2D eigenvalue weighted by molar-refractivity contribution is 5.76. The van der Waals surface area contributed by atoms with Crippen molar-refractivity contribution in [2.24, 2.45) is 5.11 Å². The van der Waals surface area contributed by atoms with E-state index in [1.807, 2.05) is 0 Å². The van der Waals surface area contributed by atoms with Gasteiger partial charge in [0.25, 0.3) is 5.69 Å². The fourth-order valence-electron chi connectivity index (χ4n) is 1.47. The average Bonchev–Trinajstić information content (AvgIpc) is 2.43. The number of aliphatic hydroxyl groups excluding tert-OH is 2. The number of hydrogen-bond acceptors (Lipinski definition) is 6. The van der Waals surface area contributed by atoms with E-state index in [1.165, 1.54) is 12.1 Å². The molecule has 0 amide bonds. The molecule has 2 N–H and O–H groups in total. The molecule has 0 fully saturated rings. The van der Waals surface area contributed by atoms with Crippen LogP contribution in [0.15, 0.2) is 23.3 Å². The van der Waals surface area contributed by atoms with E-state index in [0.717, 1.165) is 6.07 Å². The quantitative estimate of drug-likeness (QED) is 0.197. The molecule has 0 bridgehead atoms. The van der Waals surface area contributed by atoms with E-state index in [-0.39, 0.29) is 11.1 Å². The molecule has 9 heteroatoms. The minimum absolute atomic E-state index is 0.0761. The van der Waals surface area contributed by atoms with Crippen LogP contribution < -0.4 is 0 Å². The second-order valence-corrected chi connectivity index (χ2v) is 3.62. The summed E-state index contributed by atoms with van der Waals surface area (Å²) in [5, 5.41) is 33.2. The van der Waals surface area contributed by atoms with Gasteiger partial charge in [-0.3, -0.25) is 14.9 Å². The molecule has 1 rings (SSSR count). The molecule has 0 saturated carbocycles. The SMILES string of the molecule is [N-]=[N+]=NCC(O)C(O)c1ccc(C=O)cc1[N+](=O)[O-]. The van der Waals surface area contributed by atoms with Crippen molar-refractivity contribution in [1.82, 2.24) is 0 Å². The third kappa shape index (κ3) is 3.49. The molecule has 0 spiro atoms. The van der Waals surface area contributed by atoms with Crippen molar-refractivity contribution in [3.8, 4) is 0 Å². The van der Waals surface area contributed by atoms with Gasteiger partial charge in [-0.05, 0) is 11.6 Å². The predicted molar refractivity (Wildman–Crippen MR) is 63.5 cm³/mol. The van der Waals surface area contributed by atoms with Gasteiger partial charge in [0.2, 0.25) is 0 Å². The van der Waals surface area contributed by atoms with Gasteiger partial charge in [-0.2, -0.15) is 0 Å². The Hall–Kier alpha value is -2.48. The molecule has 0 radical (unpaired) electrons. The minimum Gasteiger partial charge on any atom is -0.390 e. The van der Waals surface area contributed by atoms with Gasteiger partial charge in [0, 0.05) is 16.5 Å². The lowest BCUT2D eigenvalue weighted by atomic mass is 10.0. The molecule has 0 aliphatic rings. The fourth-order valence-corrected chi connectivity index (χ4v) is 1.47. The standard InChI is InChI=1S/C10H10N4O5/c11-13-12-4-9(16)10(17)7-2-1-6(5-15)3-8(7)14(18)19/h1-3,5,9-10,16-17H,4H2. The van der Waals surface area contributed by atoms with E-state index in [9.17, 15) is 25.1 Å². The Bertz CT molecular complexity index is 541. The van der Waals surface area contributed by atoms with Crippen molar-refractivity contribution in [3.63, 3.8) is 0 Å². The van der Waals surface area contributed by atoms with E-state index in [4.69, 9.17) is 5.53 Å². The average molecular weight is 266 g/mol. The third-order valence-electron chi connectivity index (χ3n) is 2.40. The van der Waals surface area contributed by atoms with Gasteiger partial charge >= 0.3 is 0 Å². The van der Waals surface area contributed by atoms with Gasteiger partial charge in [-0.1, -0.05) is 11.2 Å². The van der Waals surface area contributed by atoms with E-state index < -0.39 is 29.4 Å². The van der Waals surface area contributed by atoms with Crippen molar-refractivity contribution >= 4 is 12.0 Å². The number of hydrogen-bond donors (Lipinski definition) is 2. The largest absolute Gasteiger partial charge is 0.390 e. The molecule has 0 aliphatic carbocycles. The van der Waals surface area contributed by atoms with Crippen LogP contribution in [-0.2, 0) is 0 Å². The number of benzene rings is 1. The number of nitro benzene ring substituents is 1. The molecule has 0 aliphatic heterocycles. The summed E-state index contributed by atoms with van der Waals surface area (Å²) in [6, 6.07) is 3.44. The van der Waals surface area contributed by atoms with Crippen LogP contribution in [0, 0.1) is 10.1 Å². The van der Waals surface area contributed by atoms with Gasteiger partial charge in [0.05, 0.1) is 23.1 Å². The summed E-state index contributed by atoms with van der Waals surface area (Å²) in [7, 11) is 0. The lowest BCUT2D eigenvalue weighted by molar-refractivity contribution is -0.386. The maximum absolute atomic E-state index is 10.8. The molecule has 1 aromatic rings. The molecule has 19 heavy (non-hydrogen) atoms. The van der Waals surface area contributed by atoms with Crippen molar-refractivity contribution in [1.29, 1.82) is 0 Å². The van der Waals surface area contributed by atoms with E-state index >= 15 is 0 Å². The Labute approximate surface area is 106 Å². The highest BCUT2D eigenvalue weighted by atomic mass is 16.6. The lowest BCUT2D eigenvalue weighted by Gasteiger charge is -2.16. The maximum atomic E-state index is 10.8. The van der Waals surface area contributed by atoms with Crippen LogP contribution in [0.4, 0.5) is 5.69 Å². The monoisotopic (exact) mass is 266 g/mol. The highest BCUT2D eigenvalue weighted by Gasteiger charge is 2.26. The Balaban J connectivity index is 3.14. The number of nitrogens with zero attached hydrogens (tertiary/aromatic N) is 4. The van der Waals surface area contributed by atoms with E-state index in [0.29, 0.717) is 6.29 Å². The Kier molecular flexibility index (Phi) is 4.95. The smallest absolute Gasteiger partial charge is 0.276 e. The lowest BCUT2D eigenvalue weighted by Crippen LogP contribution is -2.22. The molecule has 9 nitrogen and oxygen atoms in total.